The first-order valence-electron chi connectivity index (χ1n) is 4.44. The SMILES string of the molecule is Cn1nnnc1NCC1CCCS1. The maximum absolute atomic E-state index is 3.86. The number of nitrogens with zero attached hydrogens (tertiary/aromatic N) is 4. The van der Waals surface area contributed by atoms with Crippen LogP contribution in [0.4, 0.5) is 5.95 Å². The van der Waals surface area contributed by atoms with Crippen molar-refractivity contribution in [2.45, 2.75) is 18.1 Å². The predicted molar refractivity (Wildman–Crippen MR) is 52.8 cm³/mol. The standard InChI is InChI=1S/C7H13N5S/c1-12-7(9-10-11-12)8-5-6-3-2-4-13-6/h6H,2-5H2,1H3,(H,8,9,11). The van der Waals surface area contributed by atoms with Gasteiger partial charge in [-0.3, -0.25) is 0 Å². The van der Waals surface area contributed by atoms with Crippen molar-refractivity contribution in [1.29, 1.82) is 0 Å². The monoisotopic (exact) mass is 199 g/mol. The zero-order chi connectivity index (χ0) is 9.10. The van der Waals surface area contributed by atoms with Gasteiger partial charge < -0.3 is 5.32 Å². The maximum atomic E-state index is 3.86. The zero-order valence-electron chi connectivity index (χ0n) is 7.60. The van der Waals surface area contributed by atoms with E-state index in [0.717, 1.165) is 17.7 Å². The van der Waals surface area contributed by atoms with Gasteiger partial charge >= 0.3 is 0 Å². The van der Waals surface area contributed by atoms with Crippen LogP contribution >= 0.6 is 11.8 Å². The van der Waals surface area contributed by atoms with Crippen LogP contribution in [-0.2, 0) is 7.05 Å². The highest BCUT2D eigenvalue weighted by Crippen LogP contribution is 2.25. The van der Waals surface area contributed by atoms with Gasteiger partial charge in [-0.2, -0.15) is 11.8 Å². The molecule has 0 saturated carbocycles. The maximum Gasteiger partial charge on any atom is 0.242 e. The molecule has 13 heavy (non-hydrogen) atoms. The van der Waals surface area contributed by atoms with Gasteiger partial charge in [-0.25, -0.2) is 4.68 Å². The van der Waals surface area contributed by atoms with E-state index in [9.17, 15) is 0 Å². The smallest absolute Gasteiger partial charge is 0.242 e. The van der Waals surface area contributed by atoms with E-state index in [1.165, 1.54) is 18.6 Å². The molecule has 1 aliphatic rings. The Balaban J connectivity index is 1.82. The molecule has 1 N–H and O–H groups in total. The molecular formula is C7H13N5S. The Labute approximate surface area is 81.3 Å². The summed E-state index contributed by atoms with van der Waals surface area (Å²) in [7, 11) is 1.84. The average molecular weight is 199 g/mol. The Morgan fingerprint density at radius 2 is 2.62 bits per heavy atom. The molecule has 0 amide bonds. The zero-order valence-corrected chi connectivity index (χ0v) is 8.42. The third kappa shape index (κ3) is 2.12. The van der Waals surface area contributed by atoms with Crippen molar-refractivity contribution in [1.82, 2.24) is 20.2 Å². The predicted octanol–water partition coefficient (Wildman–Crippen LogP) is 0.518. The molecule has 0 spiro atoms. The molecule has 0 aliphatic carbocycles. The van der Waals surface area contributed by atoms with Crippen LogP contribution in [0.3, 0.4) is 0 Å². The first kappa shape index (κ1) is 8.80. The molecule has 1 aromatic rings. The minimum atomic E-state index is 0.733. The molecule has 0 aromatic carbocycles. The van der Waals surface area contributed by atoms with E-state index in [1.807, 2.05) is 18.8 Å². The van der Waals surface area contributed by atoms with Crippen molar-refractivity contribution in [3.05, 3.63) is 0 Å². The van der Waals surface area contributed by atoms with E-state index in [1.54, 1.807) is 4.68 Å². The summed E-state index contributed by atoms with van der Waals surface area (Å²) in [6.45, 7) is 0.971. The van der Waals surface area contributed by atoms with Gasteiger partial charge in [0.2, 0.25) is 5.95 Å². The molecule has 2 heterocycles. The molecule has 6 heteroatoms. The van der Waals surface area contributed by atoms with Crippen LogP contribution in [0, 0.1) is 0 Å². The van der Waals surface area contributed by atoms with Gasteiger partial charge in [0.1, 0.15) is 0 Å². The van der Waals surface area contributed by atoms with Crippen LogP contribution in [-0.4, -0.2) is 37.8 Å². The minimum Gasteiger partial charge on any atom is -0.352 e. The molecule has 0 bridgehead atoms. The highest BCUT2D eigenvalue weighted by molar-refractivity contribution is 8.00. The fourth-order valence-electron chi connectivity index (χ4n) is 1.39. The molecule has 2 rings (SSSR count). The quantitative estimate of drug-likeness (QED) is 0.769. The summed E-state index contributed by atoms with van der Waals surface area (Å²) in [6, 6.07) is 0. The van der Waals surface area contributed by atoms with Gasteiger partial charge in [-0.15, -0.1) is 0 Å². The van der Waals surface area contributed by atoms with Crippen molar-refractivity contribution in [3.63, 3.8) is 0 Å². The molecule has 72 valence electrons. The number of thioether (sulfide) groups is 1. The van der Waals surface area contributed by atoms with Gasteiger partial charge in [-0.1, -0.05) is 5.10 Å². The number of aromatic nitrogens is 4. The summed E-state index contributed by atoms with van der Waals surface area (Å²) in [5, 5.41) is 15.1. The van der Waals surface area contributed by atoms with Crippen molar-refractivity contribution in [2.75, 3.05) is 17.6 Å². The molecule has 1 fully saturated rings. The minimum absolute atomic E-state index is 0.733. The Bertz CT molecular complexity index is 268. The van der Waals surface area contributed by atoms with Gasteiger partial charge in [0.05, 0.1) is 0 Å². The molecule has 1 unspecified atom stereocenters. The molecule has 1 atom stereocenters. The lowest BCUT2D eigenvalue weighted by atomic mass is 10.2. The van der Waals surface area contributed by atoms with Crippen molar-refractivity contribution < 1.29 is 0 Å². The lowest BCUT2D eigenvalue weighted by Crippen LogP contribution is -2.16. The Kier molecular flexibility index (Phi) is 2.68. The molecule has 5 nitrogen and oxygen atoms in total. The second kappa shape index (κ2) is 3.95. The van der Waals surface area contributed by atoms with E-state index >= 15 is 0 Å². The number of nitrogens with one attached hydrogen (secondary N) is 1. The Morgan fingerprint density at radius 3 is 3.23 bits per heavy atom. The lowest BCUT2D eigenvalue weighted by Gasteiger charge is -2.08. The van der Waals surface area contributed by atoms with E-state index in [-0.39, 0.29) is 0 Å². The number of hydrogen-bond acceptors (Lipinski definition) is 5. The molecule has 1 aromatic heterocycles. The third-order valence-corrected chi connectivity index (χ3v) is 3.53. The number of aryl methyl sites for hydroxylation is 1. The lowest BCUT2D eigenvalue weighted by molar-refractivity contribution is 0.709. The fourth-order valence-corrected chi connectivity index (χ4v) is 2.59. The van der Waals surface area contributed by atoms with Crippen LogP contribution in [0.1, 0.15) is 12.8 Å². The van der Waals surface area contributed by atoms with Crippen LogP contribution in [0.15, 0.2) is 0 Å². The van der Waals surface area contributed by atoms with Gasteiger partial charge in [-0.05, 0) is 29.0 Å². The van der Waals surface area contributed by atoms with E-state index < -0.39 is 0 Å². The van der Waals surface area contributed by atoms with Crippen LogP contribution < -0.4 is 5.32 Å². The number of hydrogen-bond donors (Lipinski definition) is 1. The van der Waals surface area contributed by atoms with Gasteiger partial charge in [0.15, 0.2) is 0 Å². The number of anilines is 1. The summed E-state index contributed by atoms with van der Waals surface area (Å²) in [5.74, 6) is 2.05. The third-order valence-electron chi connectivity index (χ3n) is 2.13. The second-order valence-electron chi connectivity index (χ2n) is 3.14. The van der Waals surface area contributed by atoms with E-state index in [4.69, 9.17) is 0 Å². The first-order chi connectivity index (χ1) is 6.36. The summed E-state index contributed by atoms with van der Waals surface area (Å²) >= 11 is 2.03. The van der Waals surface area contributed by atoms with Crippen LogP contribution in [0.25, 0.3) is 0 Å². The van der Waals surface area contributed by atoms with Crippen molar-refractivity contribution in [2.24, 2.45) is 7.05 Å². The van der Waals surface area contributed by atoms with Gasteiger partial charge in [0, 0.05) is 18.8 Å². The van der Waals surface area contributed by atoms with Crippen LogP contribution in [0.5, 0.6) is 0 Å². The average Bonchev–Trinajstić information content (AvgIpc) is 2.72. The highest BCUT2D eigenvalue weighted by atomic mass is 32.2. The van der Waals surface area contributed by atoms with Gasteiger partial charge in [0.25, 0.3) is 0 Å². The normalized spacial score (nSPS) is 22.1. The van der Waals surface area contributed by atoms with E-state index in [0.29, 0.717) is 0 Å². The number of tetrazole rings is 1. The van der Waals surface area contributed by atoms with Crippen molar-refractivity contribution >= 4 is 17.7 Å². The van der Waals surface area contributed by atoms with Crippen LogP contribution in [0.2, 0.25) is 0 Å². The molecule has 0 radical (unpaired) electrons. The summed E-state index contributed by atoms with van der Waals surface area (Å²) < 4.78 is 1.65. The van der Waals surface area contributed by atoms with E-state index in [2.05, 4.69) is 20.8 Å². The fraction of sp³-hybridized carbons (Fsp3) is 0.857. The summed E-state index contributed by atoms with van der Waals surface area (Å²) in [5.41, 5.74) is 0. The highest BCUT2D eigenvalue weighted by Gasteiger charge is 2.15. The Hall–Kier alpha value is -0.780. The first-order valence-corrected chi connectivity index (χ1v) is 5.49. The second-order valence-corrected chi connectivity index (χ2v) is 4.55. The molecule has 1 aliphatic heterocycles. The Morgan fingerprint density at radius 1 is 1.69 bits per heavy atom. The molecular weight excluding hydrogens is 186 g/mol. The summed E-state index contributed by atoms with van der Waals surface area (Å²) in [4.78, 5) is 0. The topological polar surface area (TPSA) is 55.6 Å². The summed E-state index contributed by atoms with van der Waals surface area (Å²) in [6.07, 6.45) is 2.65. The van der Waals surface area contributed by atoms with Crippen molar-refractivity contribution in [3.8, 4) is 0 Å². The number of rotatable bonds is 3. The largest absolute Gasteiger partial charge is 0.352 e. The molecule has 1 saturated heterocycles.